The monoisotopic (exact) mass is 269 g/mol. The Labute approximate surface area is 118 Å². The number of benzene rings is 1. The van der Waals surface area contributed by atoms with Crippen LogP contribution in [-0.4, -0.2) is 36.3 Å². The van der Waals surface area contributed by atoms with E-state index in [0.29, 0.717) is 18.0 Å². The van der Waals surface area contributed by atoms with Crippen LogP contribution in [0.25, 0.3) is 0 Å². The van der Waals surface area contributed by atoms with E-state index in [0.717, 1.165) is 0 Å². The van der Waals surface area contributed by atoms with Crippen LogP contribution < -0.4 is 15.4 Å². The topological polar surface area (TPSA) is 70.6 Å². The minimum atomic E-state index is -2.68. The highest BCUT2D eigenvalue weighted by Gasteiger charge is 2.06. The number of nitrogens with one attached hydrogen (secondary N) is 2. The molecule has 0 fully saturated rings. The Kier molecular flexibility index (Phi) is 4.60. The van der Waals surface area contributed by atoms with Crippen LogP contribution in [0.5, 0.6) is 5.75 Å². The lowest BCUT2D eigenvalue weighted by Gasteiger charge is -2.15. The van der Waals surface area contributed by atoms with E-state index in [1.54, 1.807) is 12.1 Å². The first-order valence-electron chi connectivity index (χ1n) is 7.64. The molecule has 0 saturated heterocycles. The minimum absolute atomic E-state index is 0.140. The first-order chi connectivity index (χ1) is 10.2. The van der Waals surface area contributed by atoms with Crippen LogP contribution in [-0.2, 0) is 4.79 Å². The summed E-state index contributed by atoms with van der Waals surface area (Å²) >= 11 is 0. The molecule has 0 bridgehead atoms. The van der Waals surface area contributed by atoms with Gasteiger partial charge in [-0.15, -0.1) is 0 Å². The van der Waals surface area contributed by atoms with Crippen LogP contribution in [0.3, 0.4) is 0 Å². The van der Waals surface area contributed by atoms with Gasteiger partial charge in [0.2, 0.25) is 5.91 Å². The lowest BCUT2D eigenvalue weighted by molar-refractivity contribution is -0.114. The van der Waals surface area contributed by atoms with Gasteiger partial charge in [0.05, 0.1) is 0 Å². The zero-order chi connectivity index (χ0) is 16.8. The number of aliphatic hydroxyl groups excluding tert-OH is 1. The smallest absolute Gasteiger partial charge is 0.221 e. The molecular formula is C14H22N2O3. The SMILES string of the molecule is [2H]C([2H])([2H])C(=O)Nc1ccc(OCC(O)CNC(C)C)cc1. The first-order valence-corrected chi connectivity index (χ1v) is 6.14. The largest absolute Gasteiger partial charge is 0.491 e. The Morgan fingerprint density at radius 3 is 2.68 bits per heavy atom. The van der Waals surface area contributed by atoms with Crippen molar-refractivity contribution in [1.82, 2.24) is 5.32 Å². The number of aliphatic hydroxyl groups is 1. The summed E-state index contributed by atoms with van der Waals surface area (Å²) in [6.07, 6.45) is -0.627. The average Bonchev–Trinajstić information content (AvgIpc) is 2.43. The van der Waals surface area contributed by atoms with E-state index in [9.17, 15) is 9.90 Å². The number of amides is 1. The zero-order valence-electron chi connectivity index (χ0n) is 14.1. The molecule has 5 nitrogen and oxygen atoms in total. The molecule has 1 rings (SSSR count). The maximum absolute atomic E-state index is 11.3. The van der Waals surface area contributed by atoms with Gasteiger partial charge in [-0.25, -0.2) is 0 Å². The van der Waals surface area contributed by atoms with Crippen molar-refractivity contribution < 1.29 is 18.8 Å². The third-order valence-corrected chi connectivity index (χ3v) is 2.32. The molecule has 3 N–H and O–H groups in total. The van der Waals surface area contributed by atoms with Gasteiger partial charge in [0.25, 0.3) is 0 Å². The minimum Gasteiger partial charge on any atom is -0.491 e. The van der Waals surface area contributed by atoms with Gasteiger partial charge in [-0.3, -0.25) is 4.79 Å². The van der Waals surface area contributed by atoms with Crippen molar-refractivity contribution in [3.8, 4) is 5.75 Å². The van der Waals surface area contributed by atoms with E-state index < -0.39 is 18.9 Å². The highest BCUT2D eigenvalue weighted by Crippen LogP contribution is 2.15. The standard InChI is InChI=1S/C14H22N2O3/c1-10(2)15-8-13(18)9-19-14-6-4-12(5-7-14)16-11(3)17/h4-7,10,13,15,18H,8-9H2,1-3H3,(H,16,17)/i3D3. The summed E-state index contributed by atoms with van der Waals surface area (Å²) in [7, 11) is 0. The molecule has 0 heterocycles. The van der Waals surface area contributed by atoms with E-state index in [2.05, 4.69) is 10.6 Å². The van der Waals surface area contributed by atoms with Gasteiger partial charge in [-0.1, -0.05) is 13.8 Å². The molecule has 0 aliphatic carbocycles. The normalized spacial score (nSPS) is 15.3. The number of carbonyl (C=O) groups is 1. The summed E-state index contributed by atoms with van der Waals surface area (Å²) < 4.78 is 26.3. The van der Waals surface area contributed by atoms with Gasteiger partial charge < -0.3 is 20.5 Å². The van der Waals surface area contributed by atoms with E-state index in [1.165, 1.54) is 12.1 Å². The summed E-state index contributed by atoms with van der Waals surface area (Å²) in [4.78, 5) is 11.3. The van der Waals surface area contributed by atoms with E-state index in [4.69, 9.17) is 8.85 Å². The molecule has 0 aliphatic rings. The molecule has 1 atom stereocenters. The van der Waals surface area contributed by atoms with Crippen molar-refractivity contribution in [1.29, 1.82) is 0 Å². The molecule has 106 valence electrons. The molecule has 1 aromatic rings. The Morgan fingerprint density at radius 1 is 1.42 bits per heavy atom. The molecule has 0 radical (unpaired) electrons. The Balaban J connectivity index is 2.43. The van der Waals surface area contributed by atoms with Crippen molar-refractivity contribution in [2.75, 3.05) is 18.5 Å². The van der Waals surface area contributed by atoms with Gasteiger partial charge in [0.1, 0.15) is 18.5 Å². The van der Waals surface area contributed by atoms with Crippen LogP contribution in [0.2, 0.25) is 0 Å². The number of hydrogen-bond acceptors (Lipinski definition) is 4. The van der Waals surface area contributed by atoms with Gasteiger partial charge in [-0.05, 0) is 24.3 Å². The van der Waals surface area contributed by atoms with Gasteiger partial charge in [0.15, 0.2) is 0 Å². The van der Waals surface area contributed by atoms with Crippen LogP contribution in [0, 0.1) is 0 Å². The number of anilines is 1. The van der Waals surface area contributed by atoms with Crippen LogP contribution in [0.15, 0.2) is 24.3 Å². The van der Waals surface area contributed by atoms with E-state index in [-0.39, 0.29) is 12.6 Å². The molecule has 5 heteroatoms. The van der Waals surface area contributed by atoms with Crippen molar-refractivity contribution in [3.63, 3.8) is 0 Å². The van der Waals surface area contributed by atoms with Gasteiger partial charge in [-0.2, -0.15) is 0 Å². The quantitative estimate of drug-likeness (QED) is 0.699. The molecular weight excluding hydrogens is 244 g/mol. The molecule has 0 aliphatic heterocycles. The van der Waals surface area contributed by atoms with Crippen molar-refractivity contribution in [2.24, 2.45) is 0 Å². The first kappa shape index (κ1) is 11.3. The molecule has 0 saturated carbocycles. The highest BCUT2D eigenvalue weighted by molar-refractivity contribution is 5.88. The van der Waals surface area contributed by atoms with Crippen LogP contribution >= 0.6 is 0 Å². The van der Waals surface area contributed by atoms with E-state index in [1.807, 2.05) is 13.8 Å². The predicted molar refractivity (Wildman–Crippen MR) is 75.4 cm³/mol. The Hall–Kier alpha value is -1.59. The summed E-state index contributed by atoms with van der Waals surface area (Å²) in [5.74, 6) is -0.508. The fraction of sp³-hybridized carbons (Fsp3) is 0.500. The second kappa shape index (κ2) is 7.76. The molecule has 0 spiro atoms. The van der Waals surface area contributed by atoms with Crippen molar-refractivity contribution >= 4 is 11.6 Å². The Morgan fingerprint density at radius 2 is 2.11 bits per heavy atom. The summed E-state index contributed by atoms with van der Waals surface area (Å²) in [6, 6.07) is 6.56. The molecule has 0 aromatic heterocycles. The number of ether oxygens (including phenoxy) is 1. The van der Waals surface area contributed by atoms with Gasteiger partial charge in [0, 0.05) is 29.2 Å². The predicted octanol–water partition coefficient (Wildman–Crippen LogP) is 1.38. The number of hydrogen-bond donors (Lipinski definition) is 3. The lowest BCUT2D eigenvalue weighted by Crippen LogP contribution is -2.35. The number of carbonyl (C=O) groups excluding carboxylic acids is 1. The van der Waals surface area contributed by atoms with E-state index >= 15 is 0 Å². The molecule has 1 aromatic carbocycles. The highest BCUT2D eigenvalue weighted by atomic mass is 16.5. The third-order valence-electron chi connectivity index (χ3n) is 2.32. The third kappa shape index (κ3) is 6.79. The summed E-state index contributed by atoms with van der Waals surface area (Å²) in [5, 5.41) is 15.1. The zero-order valence-corrected chi connectivity index (χ0v) is 11.1. The molecule has 1 amide bonds. The molecule has 1 unspecified atom stereocenters. The number of rotatable bonds is 7. The van der Waals surface area contributed by atoms with Crippen LogP contribution in [0.1, 0.15) is 24.8 Å². The van der Waals surface area contributed by atoms with Crippen molar-refractivity contribution in [2.45, 2.75) is 32.8 Å². The van der Waals surface area contributed by atoms with Crippen LogP contribution in [0.4, 0.5) is 5.69 Å². The maximum atomic E-state index is 11.3. The fourth-order valence-corrected chi connectivity index (χ4v) is 1.39. The second-order valence-corrected chi connectivity index (χ2v) is 4.51. The maximum Gasteiger partial charge on any atom is 0.221 e. The lowest BCUT2D eigenvalue weighted by atomic mass is 10.3. The van der Waals surface area contributed by atoms with Gasteiger partial charge >= 0.3 is 0 Å². The average molecular weight is 269 g/mol. The summed E-state index contributed by atoms with van der Waals surface area (Å²) in [5.41, 5.74) is 0.371. The second-order valence-electron chi connectivity index (χ2n) is 4.51. The summed E-state index contributed by atoms with van der Waals surface area (Å²) in [6.45, 7) is 1.87. The van der Waals surface area contributed by atoms with Crippen molar-refractivity contribution in [3.05, 3.63) is 24.3 Å². The fourth-order valence-electron chi connectivity index (χ4n) is 1.39. The Bertz CT molecular complexity index is 475. The molecule has 19 heavy (non-hydrogen) atoms.